The SMILES string of the molecule is CCCNC(Cc1cccc(F)c1F)c1sccc1CC. The lowest BCUT2D eigenvalue weighted by molar-refractivity contribution is 0.478. The molecule has 0 amide bonds. The minimum atomic E-state index is -0.774. The highest BCUT2D eigenvalue weighted by Gasteiger charge is 2.19. The molecule has 1 heterocycles. The molecule has 0 aliphatic rings. The molecule has 114 valence electrons. The van der Waals surface area contributed by atoms with Crippen molar-refractivity contribution < 1.29 is 8.78 Å². The summed E-state index contributed by atoms with van der Waals surface area (Å²) in [7, 11) is 0. The number of rotatable bonds is 7. The molecular formula is C17H21F2NS. The molecule has 0 fully saturated rings. The molecule has 0 spiro atoms. The maximum absolute atomic E-state index is 13.9. The Morgan fingerprint density at radius 1 is 1.14 bits per heavy atom. The van der Waals surface area contributed by atoms with Crippen molar-refractivity contribution >= 4 is 11.3 Å². The van der Waals surface area contributed by atoms with E-state index in [4.69, 9.17) is 0 Å². The zero-order valence-corrected chi connectivity index (χ0v) is 13.3. The molecule has 1 aromatic carbocycles. The minimum absolute atomic E-state index is 0.0381. The molecule has 0 radical (unpaired) electrons. The van der Waals surface area contributed by atoms with Gasteiger partial charge in [-0.3, -0.25) is 0 Å². The lowest BCUT2D eigenvalue weighted by atomic mass is 10.0. The average molecular weight is 309 g/mol. The van der Waals surface area contributed by atoms with Crippen LogP contribution in [-0.4, -0.2) is 6.54 Å². The van der Waals surface area contributed by atoms with Crippen molar-refractivity contribution in [2.45, 2.75) is 39.2 Å². The van der Waals surface area contributed by atoms with Gasteiger partial charge in [0.05, 0.1) is 0 Å². The van der Waals surface area contributed by atoms with Crippen LogP contribution in [0.2, 0.25) is 0 Å². The summed E-state index contributed by atoms with van der Waals surface area (Å²) in [5.74, 6) is -1.50. The van der Waals surface area contributed by atoms with Gasteiger partial charge in [-0.15, -0.1) is 11.3 Å². The fraction of sp³-hybridized carbons (Fsp3) is 0.412. The standard InChI is InChI=1S/C17H21F2NS/c1-3-9-20-15(17-12(4-2)8-10-21-17)11-13-6-5-7-14(18)16(13)19/h5-8,10,15,20H,3-4,9,11H2,1-2H3. The van der Waals surface area contributed by atoms with Crippen LogP contribution in [0.25, 0.3) is 0 Å². The van der Waals surface area contributed by atoms with Gasteiger partial charge in [-0.25, -0.2) is 8.78 Å². The number of benzene rings is 1. The molecule has 4 heteroatoms. The summed E-state index contributed by atoms with van der Waals surface area (Å²) in [6.45, 7) is 5.08. The molecule has 21 heavy (non-hydrogen) atoms. The van der Waals surface area contributed by atoms with Gasteiger partial charge < -0.3 is 5.32 Å². The molecule has 0 bridgehead atoms. The topological polar surface area (TPSA) is 12.0 Å². The second-order valence-corrected chi connectivity index (χ2v) is 6.04. The summed E-state index contributed by atoms with van der Waals surface area (Å²) < 4.78 is 27.3. The molecule has 1 atom stereocenters. The summed E-state index contributed by atoms with van der Waals surface area (Å²) in [4.78, 5) is 1.23. The van der Waals surface area contributed by atoms with Crippen molar-refractivity contribution in [1.82, 2.24) is 5.32 Å². The largest absolute Gasteiger partial charge is 0.309 e. The second kappa shape index (κ2) is 7.66. The van der Waals surface area contributed by atoms with E-state index < -0.39 is 11.6 Å². The number of aryl methyl sites for hydroxylation is 1. The average Bonchev–Trinajstić information content (AvgIpc) is 2.96. The molecule has 1 nitrogen and oxygen atoms in total. The van der Waals surface area contributed by atoms with Crippen LogP contribution in [0, 0.1) is 11.6 Å². The van der Waals surface area contributed by atoms with E-state index in [9.17, 15) is 8.78 Å². The molecule has 1 aromatic heterocycles. The summed E-state index contributed by atoms with van der Waals surface area (Å²) >= 11 is 1.68. The van der Waals surface area contributed by atoms with Gasteiger partial charge in [0.25, 0.3) is 0 Å². The maximum atomic E-state index is 13.9. The lowest BCUT2D eigenvalue weighted by Crippen LogP contribution is -2.24. The van der Waals surface area contributed by atoms with Crippen molar-refractivity contribution in [1.29, 1.82) is 0 Å². The Morgan fingerprint density at radius 2 is 1.95 bits per heavy atom. The van der Waals surface area contributed by atoms with Crippen LogP contribution in [0.15, 0.2) is 29.6 Å². The first kappa shape index (κ1) is 16.1. The highest BCUT2D eigenvalue weighted by Crippen LogP contribution is 2.29. The maximum Gasteiger partial charge on any atom is 0.162 e. The van der Waals surface area contributed by atoms with E-state index in [1.165, 1.54) is 10.4 Å². The quantitative estimate of drug-likeness (QED) is 0.769. The number of hydrogen-bond donors (Lipinski definition) is 1. The van der Waals surface area contributed by atoms with Gasteiger partial charge in [0.15, 0.2) is 11.6 Å². The Morgan fingerprint density at radius 3 is 2.67 bits per heavy atom. The van der Waals surface area contributed by atoms with Crippen LogP contribution in [-0.2, 0) is 12.8 Å². The van der Waals surface area contributed by atoms with Crippen LogP contribution >= 0.6 is 11.3 Å². The van der Waals surface area contributed by atoms with Crippen molar-refractivity contribution in [3.63, 3.8) is 0 Å². The molecule has 0 saturated heterocycles. The van der Waals surface area contributed by atoms with E-state index >= 15 is 0 Å². The van der Waals surface area contributed by atoms with Gasteiger partial charge in [0.1, 0.15) is 0 Å². The highest BCUT2D eigenvalue weighted by molar-refractivity contribution is 7.10. The van der Waals surface area contributed by atoms with Gasteiger partial charge in [0.2, 0.25) is 0 Å². The molecule has 0 aliphatic heterocycles. The first-order valence-corrected chi connectivity index (χ1v) is 8.27. The van der Waals surface area contributed by atoms with Crippen molar-refractivity contribution in [2.24, 2.45) is 0 Å². The van der Waals surface area contributed by atoms with E-state index in [0.29, 0.717) is 12.0 Å². The number of halogens is 2. The third-order valence-electron chi connectivity index (χ3n) is 3.57. The Bertz CT molecular complexity index is 580. The Kier molecular flexibility index (Phi) is 5.88. The molecule has 2 rings (SSSR count). The predicted octanol–water partition coefficient (Wildman–Crippen LogP) is 4.87. The van der Waals surface area contributed by atoms with E-state index in [0.717, 1.165) is 25.5 Å². The second-order valence-electron chi connectivity index (χ2n) is 5.09. The summed E-state index contributed by atoms with van der Waals surface area (Å²) in [6, 6.07) is 6.55. The monoisotopic (exact) mass is 309 g/mol. The third kappa shape index (κ3) is 3.89. The van der Waals surface area contributed by atoms with Crippen molar-refractivity contribution in [3.05, 3.63) is 57.3 Å². The van der Waals surface area contributed by atoms with Crippen molar-refractivity contribution in [3.8, 4) is 0 Å². The van der Waals surface area contributed by atoms with E-state index in [-0.39, 0.29) is 6.04 Å². The third-order valence-corrected chi connectivity index (χ3v) is 4.65. The number of nitrogens with one attached hydrogen (secondary N) is 1. The van der Waals surface area contributed by atoms with Crippen LogP contribution < -0.4 is 5.32 Å². The van der Waals surface area contributed by atoms with Crippen LogP contribution in [0.3, 0.4) is 0 Å². The fourth-order valence-electron chi connectivity index (χ4n) is 2.45. The summed E-state index contributed by atoms with van der Waals surface area (Å²) in [5.41, 5.74) is 1.71. The molecule has 2 aromatic rings. The Balaban J connectivity index is 2.26. The lowest BCUT2D eigenvalue weighted by Gasteiger charge is -2.19. The van der Waals surface area contributed by atoms with Gasteiger partial charge in [-0.2, -0.15) is 0 Å². The van der Waals surface area contributed by atoms with Crippen molar-refractivity contribution in [2.75, 3.05) is 6.54 Å². The normalized spacial score (nSPS) is 12.6. The van der Waals surface area contributed by atoms with Gasteiger partial charge in [-0.05, 0) is 54.4 Å². The summed E-state index contributed by atoms with van der Waals surface area (Å²) in [6.07, 6.45) is 2.43. The molecular weight excluding hydrogens is 288 g/mol. The van der Waals surface area contributed by atoms with E-state index in [1.54, 1.807) is 23.5 Å². The molecule has 0 aliphatic carbocycles. The van der Waals surface area contributed by atoms with Gasteiger partial charge in [-0.1, -0.05) is 26.0 Å². The molecule has 1 unspecified atom stereocenters. The van der Waals surface area contributed by atoms with E-state index in [2.05, 4.69) is 30.6 Å². The van der Waals surface area contributed by atoms with Crippen LogP contribution in [0.1, 0.15) is 42.3 Å². The first-order chi connectivity index (χ1) is 10.2. The van der Waals surface area contributed by atoms with Gasteiger partial charge >= 0.3 is 0 Å². The Hall–Kier alpha value is -1.26. The van der Waals surface area contributed by atoms with Crippen LogP contribution in [0.4, 0.5) is 8.78 Å². The molecule has 0 saturated carbocycles. The van der Waals surface area contributed by atoms with E-state index in [1.807, 2.05) is 0 Å². The molecule has 1 N–H and O–H groups in total. The number of thiophene rings is 1. The zero-order chi connectivity index (χ0) is 15.2. The summed E-state index contributed by atoms with van der Waals surface area (Å²) in [5, 5.41) is 5.53. The van der Waals surface area contributed by atoms with Crippen LogP contribution in [0.5, 0.6) is 0 Å². The fourth-order valence-corrected chi connectivity index (χ4v) is 3.52. The number of hydrogen-bond acceptors (Lipinski definition) is 2. The van der Waals surface area contributed by atoms with Gasteiger partial charge in [0, 0.05) is 10.9 Å². The highest BCUT2D eigenvalue weighted by atomic mass is 32.1. The first-order valence-electron chi connectivity index (χ1n) is 7.39. The minimum Gasteiger partial charge on any atom is -0.309 e. The smallest absolute Gasteiger partial charge is 0.162 e. The predicted molar refractivity (Wildman–Crippen MR) is 84.8 cm³/mol. The Labute approximate surface area is 129 Å². The zero-order valence-electron chi connectivity index (χ0n) is 12.5.